The van der Waals surface area contributed by atoms with E-state index in [4.69, 9.17) is 11.6 Å². The lowest BCUT2D eigenvalue weighted by atomic mass is 10.3. The molecule has 4 rings (SSSR count). The molecule has 27 heavy (non-hydrogen) atoms. The Balaban J connectivity index is 1.73. The van der Waals surface area contributed by atoms with Crippen LogP contribution in [0.1, 0.15) is 0 Å². The van der Waals surface area contributed by atoms with Gasteiger partial charge in [-0.1, -0.05) is 11.6 Å². The first-order chi connectivity index (χ1) is 12.8. The van der Waals surface area contributed by atoms with E-state index in [0.29, 0.717) is 27.7 Å². The lowest BCUT2D eigenvalue weighted by Gasteiger charge is -2.12. The highest BCUT2D eigenvalue weighted by Crippen LogP contribution is 2.31. The molecule has 0 amide bonds. The first-order valence-electron chi connectivity index (χ1n) is 7.55. The van der Waals surface area contributed by atoms with Gasteiger partial charge in [-0.25, -0.2) is 9.97 Å². The summed E-state index contributed by atoms with van der Waals surface area (Å²) in [6.07, 6.45) is -1.32. The van der Waals surface area contributed by atoms with E-state index in [0.717, 1.165) is 9.99 Å². The lowest BCUT2D eigenvalue weighted by molar-refractivity contribution is -0.274. The number of imidazole rings is 1. The zero-order chi connectivity index (χ0) is 19.2. The Bertz CT molecular complexity index is 1150. The van der Waals surface area contributed by atoms with Crippen molar-refractivity contribution in [2.24, 2.45) is 0 Å². The third-order valence-electron chi connectivity index (χ3n) is 3.71. The molecule has 0 fully saturated rings. The fourth-order valence-electron chi connectivity index (χ4n) is 2.61. The number of benzene rings is 2. The number of hydrogen-bond acceptors (Lipinski definition) is 4. The second-order valence-corrected chi connectivity index (χ2v) is 6.80. The summed E-state index contributed by atoms with van der Waals surface area (Å²) < 4.78 is 43.2. The van der Waals surface area contributed by atoms with Crippen LogP contribution in [0.2, 0.25) is 5.02 Å². The summed E-state index contributed by atoms with van der Waals surface area (Å²) >= 11 is 9.55. The van der Waals surface area contributed by atoms with E-state index in [1.54, 1.807) is 18.5 Å². The minimum absolute atomic E-state index is 0.304. The largest absolute Gasteiger partial charge is 0.573 e. The Morgan fingerprint density at radius 1 is 1.15 bits per heavy atom. The second kappa shape index (κ2) is 6.58. The van der Waals surface area contributed by atoms with Gasteiger partial charge in [0.05, 0.1) is 16.1 Å². The second-order valence-electron chi connectivity index (χ2n) is 5.53. The van der Waals surface area contributed by atoms with Crippen LogP contribution in [-0.4, -0.2) is 20.7 Å². The molecule has 5 nitrogen and oxygen atoms in total. The summed E-state index contributed by atoms with van der Waals surface area (Å²) in [5, 5.41) is 3.57. The number of aromatic nitrogens is 3. The highest BCUT2D eigenvalue weighted by molar-refractivity contribution is 9.10. The maximum Gasteiger partial charge on any atom is 0.573 e. The Morgan fingerprint density at radius 2 is 1.89 bits per heavy atom. The molecule has 0 bridgehead atoms. The maximum absolute atomic E-state index is 12.3. The van der Waals surface area contributed by atoms with Gasteiger partial charge in [-0.05, 0) is 52.3 Å². The Morgan fingerprint density at radius 3 is 2.59 bits per heavy atom. The van der Waals surface area contributed by atoms with Gasteiger partial charge < -0.3 is 10.1 Å². The van der Waals surface area contributed by atoms with Gasteiger partial charge in [0.1, 0.15) is 5.75 Å². The molecule has 2 aromatic carbocycles. The molecule has 4 aromatic rings. The molecule has 0 atom stereocenters. The highest BCUT2D eigenvalue weighted by Gasteiger charge is 2.30. The normalized spacial score (nSPS) is 11.9. The number of nitrogens with one attached hydrogen (secondary N) is 1. The number of fused-ring (bicyclic) bond motifs is 3. The van der Waals surface area contributed by atoms with Gasteiger partial charge in [0.25, 0.3) is 0 Å². The predicted molar refractivity (Wildman–Crippen MR) is 99.6 cm³/mol. The Labute approximate surface area is 163 Å². The minimum Gasteiger partial charge on any atom is -0.406 e. The standard InChI is InChI=1S/C17H9BrClF3N4O/c18-11-7-14-13(8-12(11)19)25-15(16-23-5-6-26(14)16)24-9-1-3-10(4-2-9)27-17(20,21)22/h1-8H,(H,24,25). The number of hydrogen-bond donors (Lipinski definition) is 1. The van der Waals surface area contributed by atoms with Crippen LogP contribution in [0, 0.1) is 0 Å². The van der Waals surface area contributed by atoms with Gasteiger partial charge in [0.2, 0.25) is 0 Å². The number of halogens is 5. The molecule has 0 unspecified atom stereocenters. The molecule has 2 heterocycles. The van der Waals surface area contributed by atoms with Crippen molar-refractivity contribution in [2.75, 3.05) is 5.32 Å². The summed E-state index contributed by atoms with van der Waals surface area (Å²) in [5.74, 6) is 0.137. The fraction of sp³-hybridized carbons (Fsp3) is 0.0588. The Hall–Kier alpha value is -2.52. The topological polar surface area (TPSA) is 51.5 Å². The molecular formula is C17H9BrClF3N4O. The van der Waals surface area contributed by atoms with Gasteiger partial charge in [-0.15, -0.1) is 13.2 Å². The van der Waals surface area contributed by atoms with Crippen molar-refractivity contribution in [3.63, 3.8) is 0 Å². The van der Waals surface area contributed by atoms with E-state index >= 15 is 0 Å². The van der Waals surface area contributed by atoms with Gasteiger partial charge in [0, 0.05) is 22.6 Å². The highest BCUT2D eigenvalue weighted by atomic mass is 79.9. The first-order valence-corrected chi connectivity index (χ1v) is 8.72. The van der Waals surface area contributed by atoms with Crippen LogP contribution >= 0.6 is 27.5 Å². The molecule has 138 valence electrons. The predicted octanol–water partition coefficient (Wildman–Crippen LogP) is 5.94. The van der Waals surface area contributed by atoms with Gasteiger partial charge in [0.15, 0.2) is 11.5 Å². The average Bonchev–Trinajstić information content (AvgIpc) is 3.07. The van der Waals surface area contributed by atoms with Crippen LogP contribution in [-0.2, 0) is 0 Å². The molecular weight excluding hydrogens is 449 g/mol. The average molecular weight is 458 g/mol. The third-order valence-corrected chi connectivity index (χ3v) is 4.91. The van der Waals surface area contributed by atoms with Crippen molar-refractivity contribution >= 4 is 55.7 Å². The van der Waals surface area contributed by atoms with Crippen molar-refractivity contribution in [1.29, 1.82) is 0 Å². The SMILES string of the molecule is FC(F)(F)Oc1ccc(Nc2nc3cc(Cl)c(Br)cc3n3ccnc23)cc1. The summed E-state index contributed by atoms with van der Waals surface area (Å²) in [6, 6.07) is 8.90. The Kier molecular flexibility index (Phi) is 4.35. The van der Waals surface area contributed by atoms with Crippen LogP contribution in [0.4, 0.5) is 24.7 Å². The number of anilines is 2. The molecule has 10 heteroatoms. The number of rotatable bonds is 3. The van der Waals surface area contributed by atoms with E-state index in [2.05, 4.69) is 36.0 Å². The summed E-state index contributed by atoms with van der Waals surface area (Å²) in [6.45, 7) is 0. The van der Waals surface area contributed by atoms with Crippen LogP contribution in [0.5, 0.6) is 5.75 Å². The molecule has 0 saturated carbocycles. The molecule has 0 radical (unpaired) electrons. The smallest absolute Gasteiger partial charge is 0.406 e. The molecule has 0 spiro atoms. The van der Waals surface area contributed by atoms with E-state index in [-0.39, 0.29) is 5.75 Å². The van der Waals surface area contributed by atoms with E-state index in [1.807, 2.05) is 10.5 Å². The van der Waals surface area contributed by atoms with Crippen molar-refractivity contribution in [2.45, 2.75) is 6.36 Å². The van der Waals surface area contributed by atoms with Crippen molar-refractivity contribution in [3.05, 3.63) is 58.3 Å². The number of nitrogens with zero attached hydrogens (tertiary/aromatic N) is 3. The quantitative estimate of drug-likeness (QED) is 0.414. The van der Waals surface area contributed by atoms with Crippen LogP contribution < -0.4 is 10.1 Å². The van der Waals surface area contributed by atoms with Crippen LogP contribution in [0.3, 0.4) is 0 Å². The van der Waals surface area contributed by atoms with Gasteiger partial charge in [-0.2, -0.15) is 0 Å². The monoisotopic (exact) mass is 456 g/mol. The van der Waals surface area contributed by atoms with Crippen LogP contribution in [0.25, 0.3) is 16.7 Å². The molecule has 0 aliphatic carbocycles. The van der Waals surface area contributed by atoms with Crippen molar-refractivity contribution in [1.82, 2.24) is 14.4 Å². The fourth-order valence-corrected chi connectivity index (χ4v) is 3.10. The number of alkyl halides is 3. The third kappa shape index (κ3) is 3.65. The maximum atomic E-state index is 12.3. The zero-order valence-electron chi connectivity index (χ0n) is 13.3. The minimum atomic E-state index is -4.73. The first kappa shape index (κ1) is 17.9. The molecule has 2 aromatic heterocycles. The van der Waals surface area contributed by atoms with Crippen LogP contribution in [0.15, 0.2) is 53.3 Å². The molecule has 0 saturated heterocycles. The van der Waals surface area contributed by atoms with Crippen molar-refractivity contribution in [3.8, 4) is 5.75 Å². The summed E-state index contributed by atoms with van der Waals surface area (Å²) in [7, 11) is 0. The van der Waals surface area contributed by atoms with Gasteiger partial charge in [-0.3, -0.25) is 4.40 Å². The lowest BCUT2D eigenvalue weighted by Crippen LogP contribution is -2.16. The zero-order valence-corrected chi connectivity index (χ0v) is 15.6. The number of ether oxygens (including phenoxy) is 1. The molecule has 0 aliphatic rings. The summed E-state index contributed by atoms with van der Waals surface area (Å²) in [4.78, 5) is 8.84. The molecule has 1 N–H and O–H groups in total. The van der Waals surface area contributed by atoms with E-state index in [1.165, 1.54) is 24.3 Å². The molecule has 0 aliphatic heterocycles. The van der Waals surface area contributed by atoms with E-state index < -0.39 is 6.36 Å². The summed E-state index contributed by atoms with van der Waals surface area (Å²) in [5.41, 5.74) is 2.53. The van der Waals surface area contributed by atoms with Gasteiger partial charge >= 0.3 is 6.36 Å². The van der Waals surface area contributed by atoms with Crippen molar-refractivity contribution < 1.29 is 17.9 Å². The van der Waals surface area contributed by atoms with E-state index in [9.17, 15) is 13.2 Å².